The fourth-order valence-electron chi connectivity index (χ4n) is 3.66. The molecule has 138 valence electrons. The van der Waals surface area contributed by atoms with E-state index in [1.54, 1.807) is 17.0 Å². The molecule has 26 heavy (non-hydrogen) atoms. The van der Waals surface area contributed by atoms with Crippen molar-refractivity contribution in [3.63, 3.8) is 0 Å². The Bertz CT molecular complexity index is 754. The molecular formula is C19H25N3O4+2. The number of nitrogens with one attached hydrogen (secondary N) is 3. The number of benzene rings is 1. The number of carbonyl (C=O) groups excluding carboxylic acids is 1. The summed E-state index contributed by atoms with van der Waals surface area (Å²) in [7, 11) is 2.23. The molecule has 2 aliphatic heterocycles. The number of rotatable bonds is 5. The molecule has 1 aromatic heterocycles. The van der Waals surface area contributed by atoms with Crippen LogP contribution < -0.4 is 24.6 Å². The maximum Gasteiger partial charge on any atom is 0.287 e. The number of quaternary nitrogens is 2. The molecule has 2 aromatic rings. The molecule has 1 aromatic carbocycles. The summed E-state index contributed by atoms with van der Waals surface area (Å²) in [6.07, 6.45) is 1.51. The molecular weight excluding hydrogens is 334 g/mol. The molecule has 1 fully saturated rings. The van der Waals surface area contributed by atoms with E-state index in [9.17, 15) is 4.79 Å². The van der Waals surface area contributed by atoms with Crippen molar-refractivity contribution in [3.8, 4) is 11.5 Å². The molecule has 0 saturated carbocycles. The van der Waals surface area contributed by atoms with Crippen molar-refractivity contribution in [2.45, 2.75) is 6.04 Å². The van der Waals surface area contributed by atoms with E-state index in [1.807, 2.05) is 12.1 Å². The predicted octanol–water partition coefficient (Wildman–Crippen LogP) is -1.11. The van der Waals surface area contributed by atoms with Crippen molar-refractivity contribution in [1.82, 2.24) is 5.32 Å². The molecule has 3 N–H and O–H groups in total. The predicted molar refractivity (Wildman–Crippen MR) is 93.7 cm³/mol. The van der Waals surface area contributed by atoms with E-state index in [-0.39, 0.29) is 18.7 Å². The van der Waals surface area contributed by atoms with Gasteiger partial charge in [0.05, 0.1) is 19.9 Å². The van der Waals surface area contributed by atoms with Crippen LogP contribution in [0.4, 0.5) is 0 Å². The highest BCUT2D eigenvalue weighted by atomic mass is 16.7. The van der Waals surface area contributed by atoms with Gasteiger partial charge >= 0.3 is 0 Å². The van der Waals surface area contributed by atoms with Gasteiger partial charge in [-0.05, 0) is 30.3 Å². The topological polar surface area (TPSA) is 69.6 Å². The zero-order valence-electron chi connectivity index (χ0n) is 14.9. The summed E-state index contributed by atoms with van der Waals surface area (Å²) in [5, 5.41) is 3.03. The number of carbonyl (C=O) groups is 1. The Labute approximate surface area is 152 Å². The lowest BCUT2D eigenvalue weighted by Crippen LogP contribution is -3.27. The highest BCUT2D eigenvalue weighted by Crippen LogP contribution is 2.33. The van der Waals surface area contributed by atoms with Crippen LogP contribution in [0.1, 0.15) is 22.2 Å². The van der Waals surface area contributed by atoms with Gasteiger partial charge in [-0.1, -0.05) is 0 Å². The molecule has 2 aliphatic rings. The minimum absolute atomic E-state index is 0.163. The first kappa shape index (κ1) is 16.9. The number of piperazine rings is 1. The molecule has 1 amide bonds. The average Bonchev–Trinajstić information content (AvgIpc) is 3.34. The molecule has 0 spiro atoms. The third kappa shape index (κ3) is 3.54. The largest absolute Gasteiger partial charge is 0.459 e. The second-order valence-electron chi connectivity index (χ2n) is 6.97. The van der Waals surface area contributed by atoms with Gasteiger partial charge in [0.15, 0.2) is 17.3 Å². The van der Waals surface area contributed by atoms with Crippen molar-refractivity contribution in [2.24, 2.45) is 0 Å². The Hall–Kier alpha value is -2.51. The maximum absolute atomic E-state index is 12.3. The summed E-state index contributed by atoms with van der Waals surface area (Å²) >= 11 is 0. The van der Waals surface area contributed by atoms with E-state index in [0.29, 0.717) is 12.3 Å². The first-order chi connectivity index (χ1) is 12.7. The van der Waals surface area contributed by atoms with Crippen LogP contribution in [0.3, 0.4) is 0 Å². The highest BCUT2D eigenvalue weighted by Gasteiger charge is 2.31. The van der Waals surface area contributed by atoms with Crippen LogP contribution in [0.25, 0.3) is 0 Å². The summed E-state index contributed by atoms with van der Waals surface area (Å²) in [5.41, 5.74) is 1.16. The van der Waals surface area contributed by atoms with Gasteiger partial charge in [0.1, 0.15) is 32.2 Å². The third-order valence-electron chi connectivity index (χ3n) is 5.25. The number of ether oxygens (including phenoxy) is 2. The second-order valence-corrected chi connectivity index (χ2v) is 6.97. The van der Waals surface area contributed by atoms with Crippen molar-refractivity contribution in [3.05, 3.63) is 47.9 Å². The molecule has 0 bridgehead atoms. The van der Waals surface area contributed by atoms with Crippen LogP contribution in [-0.2, 0) is 0 Å². The standard InChI is InChI=1S/C19H23N3O4/c1-21-6-8-22(9-7-21)15(12-20-19(23)17-3-2-10-24-17)14-4-5-16-18(11-14)26-13-25-16/h2-5,10-11,15H,6-9,12-13H2,1H3,(H,20,23)/p+2/t15-/m1/s1. The lowest BCUT2D eigenvalue weighted by atomic mass is 10.0. The molecule has 0 aliphatic carbocycles. The SMILES string of the molecule is C[NH+]1CC[NH+]([C@H](CNC(=O)c2ccco2)c2ccc3c(c2)OCO3)CC1. The molecule has 0 unspecified atom stereocenters. The highest BCUT2D eigenvalue weighted by molar-refractivity contribution is 5.91. The van der Waals surface area contributed by atoms with Crippen molar-refractivity contribution in [1.29, 1.82) is 0 Å². The molecule has 4 rings (SSSR count). The minimum Gasteiger partial charge on any atom is -0.459 e. The van der Waals surface area contributed by atoms with Gasteiger partial charge in [-0.25, -0.2) is 0 Å². The zero-order valence-corrected chi connectivity index (χ0v) is 14.9. The van der Waals surface area contributed by atoms with Crippen LogP contribution >= 0.6 is 0 Å². The van der Waals surface area contributed by atoms with Gasteiger partial charge in [-0.15, -0.1) is 0 Å². The normalized spacial score (nSPS) is 22.8. The Balaban J connectivity index is 1.52. The number of hydrogen-bond acceptors (Lipinski definition) is 4. The van der Waals surface area contributed by atoms with Gasteiger partial charge < -0.3 is 29.0 Å². The number of likely N-dealkylation sites (N-methyl/N-ethyl adjacent to an activating group) is 1. The van der Waals surface area contributed by atoms with Gasteiger partial charge in [0.2, 0.25) is 6.79 Å². The average molecular weight is 359 g/mol. The first-order valence-corrected chi connectivity index (χ1v) is 9.08. The Kier molecular flexibility index (Phi) is 4.81. The number of furan rings is 1. The quantitative estimate of drug-likeness (QED) is 0.634. The fourth-order valence-corrected chi connectivity index (χ4v) is 3.66. The van der Waals surface area contributed by atoms with Crippen LogP contribution in [0.2, 0.25) is 0 Å². The molecule has 3 heterocycles. The third-order valence-corrected chi connectivity index (χ3v) is 5.25. The number of amides is 1. The lowest BCUT2D eigenvalue weighted by molar-refractivity contribution is -1.02. The number of hydrogen-bond donors (Lipinski definition) is 3. The van der Waals surface area contributed by atoms with Gasteiger partial charge in [0, 0.05) is 5.56 Å². The van der Waals surface area contributed by atoms with Crippen LogP contribution in [0.5, 0.6) is 11.5 Å². The first-order valence-electron chi connectivity index (χ1n) is 9.08. The van der Waals surface area contributed by atoms with Crippen LogP contribution in [-0.4, -0.2) is 52.5 Å². The Morgan fingerprint density at radius 1 is 1.15 bits per heavy atom. The Morgan fingerprint density at radius 2 is 1.96 bits per heavy atom. The monoisotopic (exact) mass is 359 g/mol. The summed E-state index contributed by atoms with van der Waals surface area (Å²) in [6, 6.07) is 9.64. The molecule has 1 atom stereocenters. The van der Waals surface area contributed by atoms with E-state index < -0.39 is 0 Å². The van der Waals surface area contributed by atoms with E-state index in [2.05, 4.69) is 18.4 Å². The molecule has 7 heteroatoms. The second kappa shape index (κ2) is 7.39. The lowest BCUT2D eigenvalue weighted by Gasteiger charge is -2.33. The van der Waals surface area contributed by atoms with Gasteiger partial charge in [0.25, 0.3) is 5.91 Å². The Morgan fingerprint density at radius 3 is 2.73 bits per heavy atom. The smallest absolute Gasteiger partial charge is 0.287 e. The van der Waals surface area contributed by atoms with Gasteiger partial charge in [-0.3, -0.25) is 4.79 Å². The minimum atomic E-state index is -0.181. The van der Waals surface area contributed by atoms with Crippen LogP contribution in [0.15, 0.2) is 41.0 Å². The van der Waals surface area contributed by atoms with E-state index >= 15 is 0 Å². The molecule has 1 saturated heterocycles. The van der Waals surface area contributed by atoms with E-state index in [0.717, 1.165) is 43.2 Å². The van der Waals surface area contributed by atoms with Gasteiger partial charge in [-0.2, -0.15) is 0 Å². The fraction of sp³-hybridized carbons (Fsp3) is 0.421. The summed E-state index contributed by atoms with van der Waals surface area (Å²) in [5.74, 6) is 1.72. The van der Waals surface area contributed by atoms with E-state index in [4.69, 9.17) is 13.9 Å². The summed E-state index contributed by atoms with van der Waals surface area (Å²) < 4.78 is 16.2. The van der Waals surface area contributed by atoms with Crippen molar-refractivity contribution < 1.29 is 28.5 Å². The molecule has 7 nitrogen and oxygen atoms in total. The van der Waals surface area contributed by atoms with Crippen molar-refractivity contribution >= 4 is 5.91 Å². The van der Waals surface area contributed by atoms with E-state index in [1.165, 1.54) is 11.2 Å². The zero-order chi connectivity index (χ0) is 17.9. The summed E-state index contributed by atoms with van der Waals surface area (Å²) in [4.78, 5) is 15.3. The number of fused-ring (bicyclic) bond motifs is 1. The summed E-state index contributed by atoms with van der Waals surface area (Å²) in [6.45, 7) is 5.21. The maximum atomic E-state index is 12.3. The van der Waals surface area contributed by atoms with Crippen LogP contribution in [0, 0.1) is 0 Å². The molecule has 0 radical (unpaired) electrons. The van der Waals surface area contributed by atoms with Crippen molar-refractivity contribution in [2.75, 3.05) is 46.6 Å².